The molecule has 5 nitrogen and oxygen atoms in total. The van der Waals surface area contributed by atoms with Gasteiger partial charge in [-0.15, -0.1) is 0 Å². The van der Waals surface area contributed by atoms with Crippen molar-refractivity contribution in [3.8, 4) is 40.0 Å². The van der Waals surface area contributed by atoms with Crippen molar-refractivity contribution in [3.05, 3.63) is 102 Å². The van der Waals surface area contributed by atoms with Gasteiger partial charge < -0.3 is 13.9 Å². The summed E-state index contributed by atoms with van der Waals surface area (Å²) in [5.74, 6) is 3.20. The van der Waals surface area contributed by atoms with Gasteiger partial charge in [0.05, 0.1) is 17.6 Å². The summed E-state index contributed by atoms with van der Waals surface area (Å²) in [6, 6.07) is 23.0. The maximum atomic E-state index is 6.13. The van der Waals surface area contributed by atoms with Gasteiger partial charge in [0.2, 0.25) is 5.88 Å². The molecule has 0 saturated heterocycles. The third-order valence-corrected chi connectivity index (χ3v) is 6.21. The fourth-order valence-electron chi connectivity index (χ4n) is 4.66. The molecule has 0 amide bonds. The molecule has 0 N–H and O–H groups in total. The Kier molecular flexibility index (Phi) is 4.44. The second-order valence-electron chi connectivity index (χ2n) is 8.67. The number of hydrogen-bond acceptors (Lipinski definition) is 3. The van der Waals surface area contributed by atoms with Crippen LogP contribution in [0.15, 0.2) is 79.1 Å². The smallest absolute Gasteiger partial charge is 0.237 e. The van der Waals surface area contributed by atoms with Crippen molar-refractivity contribution in [2.24, 2.45) is 7.05 Å². The van der Waals surface area contributed by atoms with Gasteiger partial charge in [0.1, 0.15) is 17.4 Å². The highest BCUT2D eigenvalue weighted by Crippen LogP contribution is 2.32. The predicted molar refractivity (Wildman–Crippen MR) is 130 cm³/mol. The number of imidazole rings is 2. The molecule has 0 radical (unpaired) electrons. The van der Waals surface area contributed by atoms with Gasteiger partial charge in [0, 0.05) is 30.8 Å². The van der Waals surface area contributed by atoms with Crippen molar-refractivity contribution in [2.45, 2.75) is 20.3 Å². The van der Waals surface area contributed by atoms with Crippen LogP contribution < -0.4 is 4.74 Å². The van der Waals surface area contributed by atoms with E-state index in [1.54, 1.807) is 0 Å². The lowest BCUT2D eigenvalue weighted by molar-refractivity contribution is 0.465. The van der Waals surface area contributed by atoms with E-state index in [1.807, 2.05) is 36.0 Å². The van der Waals surface area contributed by atoms with Crippen LogP contribution in [0.2, 0.25) is 0 Å². The van der Waals surface area contributed by atoms with E-state index in [-0.39, 0.29) is 0 Å². The van der Waals surface area contributed by atoms with Gasteiger partial charge in [-0.3, -0.25) is 0 Å². The third kappa shape index (κ3) is 3.42. The second kappa shape index (κ2) is 7.48. The Morgan fingerprint density at radius 1 is 0.818 bits per heavy atom. The Balaban J connectivity index is 1.60. The molecule has 3 aromatic carbocycles. The molecule has 0 spiro atoms. The lowest BCUT2D eigenvalue weighted by atomic mass is 10.1. The number of rotatable bonds is 1. The molecule has 0 aliphatic carbocycles. The van der Waals surface area contributed by atoms with Crippen LogP contribution in [0.5, 0.6) is 11.6 Å². The molecule has 162 valence electrons. The number of benzene rings is 3. The first kappa shape index (κ1) is 19.6. The highest BCUT2D eigenvalue weighted by atomic mass is 16.5. The highest BCUT2D eigenvalue weighted by molar-refractivity contribution is 5.64. The summed E-state index contributed by atoms with van der Waals surface area (Å²) in [4.78, 5) is 9.85. The van der Waals surface area contributed by atoms with E-state index < -0.39 is 0 Å². The van der Waals surface area contributed by atoms with Crippen LogP contribution in [0.1, 0.15) is 22.5 Å². The Morgan fingerprint density at radius 2 is 1.58 bits per heavy atom. The summed E-state index contributed by atoms with van der Waals surface area (Å²) >= 11 is 0. The quantitative estimate of drug-likeness (QED) is 0.308. The van der Waals surface area contributed by atoms with Crippen LogP contribution >= 0.6 is 0 Å². The Labute approximate surface area is 193 Å². The maximum absolute atomic E-state index is 6.13. The van der Waals surface area contributed by atoms with Gasteiger partial charge in [-0.05, 0) is 48.7 Å². The zero-order valence-electron chi connectivity index (χ0n) is 18.9. The van der Waals surface area contributed by atoms with Crippen LogP contribution in [0.3, 0.4) is 0 Å². The lowest BCUT2D eigenvalue weighted by Crippen LogP contribution is -2.05. The molecule has 5 heteroatoms. The van der Waals surface area contributed by atoms with Gasteiger partial charge in [-0.25, -0.2) is 4.98 Å². The average Bonchev–Trinajstić information content (AvgIpc) is 3.37. The van der Waals surface area contributed by atoms with E-state index in [0.717, 1.165) is 40.6 Å². The van der Waals surface area contributed by atoms with Crippen molar-refractivity contribution in [3.63, 3.8) is 0 Å². The first-order valence-electron chi connectivity index (χ1n) is 11.1. The molecule has 0 saturated carbocycles. The first-order valence-corrected chi connectivity index (χ1v) is 11.1. The zero-order valence-corrected chi connectivity index (χ0v) is 18.9. The molecule has 33 heavy (non-hydrogen) atoms. The molecule has 6 rings (SSSR count). The zero-order chi connectivity index (χ0) is 22.5. The van der Waals surface area contributed by atoms with Crippen LogP contribution in [0.4, 0.5) is 0 Å². The van der Waals surface area contributed by atoms with Crippen molar-refractivity contribution in [1.29, 1.82) is 0 Å². The minimum Gasteiger partial charge on any atom is -0.437 e. The van der Waals surface area contributed by atoms with E-state index in [2.05, 4.69) is 73.1 Å². The van der Waals surface area contributed by atoms with Crippen molar-refractivity contribution >= 4 is 0 Å². The second-order valence-corrected chi connectivity index (χ2v) is 8.67. The molecule has 1 aliphatic heterocycles. The number of hydrogen-bond donors (Lipinski definition) is 0. The topological polar surface area (TPSA) is 44.9 Å². The number of nitrogens with zero attached hydrogens (tertiary/aromatic N) is 4. The summed E-state index contributed by atoms with van der Waals surface area (Å²) in [6.07, 6.45) is 4.78. The fourth-order valence-corrected chi connectivity index (χ4v) is 4.66. The normalized spacial score (nSPS) is 12.2. The standard InChI is InChI=1S/C28H24N4O/c1-18-7-4-8-19(2)27(18)32-16-24-21-10-6-12-23(15-21)33-26-17-31(3)28(30-26)22-11-5-9-20(13-22)14-25(32)29-24/h4-13,15-17H,14H2,1-3H3. The molecule has 3 heterocycles. The van der Waals surface area contributed by atoms with Crippen molar-refractivity contribution in [2.75, 3.05) is 0 Å². The number of fused-ring (bicyclic) bond motifs is 10. The minimum absolute atomic E-state index is 0.578. The van der Waals surface area contributed by atoms with Crippen LogP contribution in [-0.4, -0.2) is 19.1 Å². The van der Waals surface area contributed by atoms with Crippen LogP contribution in [-0.2, 0) is 13.5 Å². The molecule has 5 aromatic rings. The molecule has 0 unspecified atom stereocenters. The summed E-state index contributed by atoms with van der Waals surface area (Å²) in [6.45, 7) is 4.31. The third-order valence-electron chi connectivity index (χ3n) is 6.21. The van der Waals surface area contributed by atoms with Crippen molar-refractivity contribution in [1.82, 2.24) is 19.1 Å². The molecule has 8 bridgehead atoms. The maximum Gasteiger partial charge on any atom is 0.237 e. The number of para-hydroxylation sites is 1. The lowest BCUT2D eigenvalue weighted by Gasteiger charge is -2.14. The summed E-state index contributed by atoms with van der Waals surface area (Å²) in [5, 5.41) is 0. The fraction of sp³-hybridized carbons (Fsp3) is 0.143. The molecule has 2 aromatic heterocycles. The average molecular weight is 433 g/mol. The number of aromatic nitrogens is 4. The summed E-state index contributed by atoms with van der Waals surface area (Å²) in [7, 11) is 2.00. The van der Waals surface area contributed by atoms with Crippen LogP contribution in [0, 0.1) is 13.8 Å². The molecule has 0 fully saturated rings. The van der Waals surface area contributed by atoms with Gasteiger partial charge in [0.25, 0.3) is 0 Å². The highest BCUT2D eigenvalue weighted by Gasteiger charge is 2.17. The van der Waals surface area contributed by atoms with Gasteiger partial charge >= 0.3 is 0 Å². The number of ether oxygens (including phenoxy) is 1. The predicted octanol–water partition coefficient (Wildman–Crippen LogP) is 6.25. The Morgan fingerprint density at radius 3 is 2.42 bits per heavy atom. The summed E-state index contributed by atoms with van der Waals surface area (Å²) < 4.78 is 10.4. The molecular formula is C28H24N4O. The number of aryl methyl sites for hydroxylation is 3. The van der Waals surface area contributed by atoms with E-state index in [1.165, 1.54) is 22.4 Å². The van der Waals surface area contributed by atoms with E-state index in [4.69, 9.17) is 14.7 Å². The Bertz CT molecular complexity index is 1490. The van der Waals surface area contributed by atoms with Crippen LogP contribution in [0.25, 0.3) is 28.3 Å². The largest absolute Gasteiger partial charge is 0.437 e. The molecular weight excluding hydrogens is 408 g/mol. The van der Waals surface area contributed by atoms with E-state index in [0.29, 0.717) is 5.88 Å². The van der Waals surface area contributed by atoms with Gasteiger partial charge in [-0.1, -0.05) is 48.5 Å². The minimum atomic E-state index is 0.578. The SMILES string of the molecule is Cc1cccc(C)c1-n1cc2nc1Cc1cccc(c1)-c1nc(cn1C)Oc1cccc-2c1. The Hall–Kier alpha value is -4.12. The molecule has 1 aliphatic rings. The van der Waals surface area contributed by atoms with Crippen molar-refractivity contribution < 1.29 is 4.74 Å². The van der Waals surface area contributed by atoms with E-state index in [9.17, 15) is 0 Å². The monoisotopic (exact) mass is 432 g/mol. The van der Waals surface area contributed by atoms with E-state index >= 15 is 0 Å². The molecule has 0 atom stereocenters. The summed E-state index contributed by atoms with van der Waals surface area (Å²) in [5.41, 5.74) is 7.82. The first-order chi connectivity index (χ1) is 16.0. The van der Waals surface area contributed by atoms with Gasteiger partial charge in [0.15, 0.2) is 0 Å². The van der Waals surface area contributed by atoms with Gasteiger partial charge in [-0.2, -0.15) is 4.98 Å².